The Bertz CT molecular complexity index is 939. The fourth-order valence-corrected chi connectivity index (χ4v) is 6.74. The van der Waals surface area contributed by atoms with Gasteiger partial charge in [0.2, 0.25) is 20.0 Å². The maximum Gasteiger partial charge on any atom is 0.243 e. The number of piperazine rings is 1. The standard InChI is InChI=1S/C19H28N4O4S2/c1-17-7-11-22(12-8-17)28(24,25)18-3-5-19(6-4-18)29(26,27)23-15-13-21(14-16-23)10-2-9-20/h3-6,17H,2,7-8,10-16H2,1H3/p+1. The lowest BCUT2D eigenvalue weighted by Crippen LogP contribution is -3.14. The van der Waals surface area contributed by atoms with Crippen LogP contribution in [-0.4, -0.2) is 71.3 Å². The predicted molar refractivity (Wildman–Crippen MR) is 108 cm³/mol. The van der Waals surface area contributed by atoms with E-state index in [1.807, 2.05) is 0 Å². The fourth-order valence-electron chi connectivity index (χ4n) is 3.83. The van der Waals surface area contributed by atoms with Crippen molar-refractivity contribution >= 4 is 20.0 Å². The molecule has 0 radical (unpaired) electrons. The Balaban J connectivity index is 1.69. The molecule has 2 fully saturated rings. The van der Waals surface area contributed by atoms with Crippen LogP contribution < -0.4 is 4.90 Å². The highest BCUT2D eigenvalue weighted by molar-refractivity contribution is 7.89. The van der Waals surface area contributed by atoms with E-state index in [-0.39, 0.29) is 9.79 Å². The zero-order valence-electron chi connectivity index (χ0n) is 16.7. The highest BCUT2D eigenvalue weighted by Gasteiger charge is 2.32. The van der Waals surface area contributed by atoms with Crippen LogP contribution in [0.5, 0.6) is 0 Å². The molecular formula is C19H29N4O4S2+. The highest BCUT2D eigenvalue weighted by Crippen LogP contribution is 2.25. The minimum atomic E-state index is -3.65. The summed E-state index contributed by atoms with van der Waals surface area (Å²) in [6.45, 7) is 5.98. The molecule has 0 amide bonds. The number of nitriles is 1. The van der Waals surface area contributed by atoms with E-state index in [0.717, 1.165) is 19.4 Å². The first-order valence-electron chi connectivity index (χ1n) is 10.1. The second kappa shape index (κ2) is 9.10. The number of sulfonamides is 2. The maximum absolute atomic E-state index is 12.9. The maximum atomic E-state index is 12.9. The quantitative estimate of drug-likeness (QED) is 0.665. The molecule has 0 aromatic heterocycles. The van der Waals surface area contributed by atoms with Crippen molar-refractivity contribution in [2.45, 2.75) is 36.0 Å². The molecule has 0 atom stereocenters. The summed E-state index contributed by atoms with van der Waals surface area (Å²) in [4.78, 5) is 1.48. The Kier molecular flexibility index (Phi) is 6.96. The van der Waals surface area contributed by atoms with Crippen LogP contribution in [0.15, 0.2) is 34.1 Å². The van der Waals surface area contributed by atoms with Gasteiger partial charge < -0.3 is 4.90 Å². The molecule has 8 nitrogen and oxygen atoms in total. The number of nitrogens with one attached hydrogen (secondary N) is 1. The van der Waals surface area contributed by atoms with E-state index in [1.54, 1.807) is 0 Å². The Morgan fingerprint density at radius 1 is 0.931 bits per heavy atom. The molecule has 2 saturated heterocycles. The van der Waals surface area contributed by atoms with Gasteiger partial charge in [0.25, 0.3) is 0 Å². The van der Waals surface area contributed by atoms with Crippen LogP contribution in [0.1, 0.15) is 26.2 Å². The topological polar surface area (TPSA) is 103 Å². The Morgan fingerprint density at radius 2 is 1.38 bits per heavy atom. The smallest absolute Gasteiger partial charge is 0.243 e. The molecule has 0 saturated carbocycles. The molecule has 0 aliphatic carbocycles. The third-order valence-corrected chi connectivity index (χ3v) is 9.69. The molecule has 10 heteroatoms. The zero-order chi connectivity index (χ0) is 21.1. The lowest BCUT2D eigenvalue weighted by Gasteiger charge is -2.31. The number of hydrogen-bond acceptors (Lipinski definition) is 5. The first-order chi connectivity index (χ1) is 13.7. The van der Waals surface area contributed by atoms with Gasteiger partial charge in [-0.3, -0.25) is 0 Å². The van der Waals surface area contributed by atoms with Crippen LogP contribution in [-0.2, 0) is 20.0 Å². The Hall–Kier alpha value is -1.51. The van der Waals surface area contributed by atoms with E-state index < -0.39 is 20.0 Å². The summed E-state index contributed by atoms with van der Waals surface area (Å²) in [5, 5.41) is 8.69. The number of hydrogen-bond donors (Lipinski definition) is 1. The van der Waals surface area contributed by atoms with Crippen molar-refractivity contribution in [1.29, 1.82) is 5.26 Å². The van der Waals surface area contributed by atoms with Crippen molar-refractivity contribution in [3.8, 4) is 6.07 Å². The summed E-state index contributed by atoms with van der Waals surface area (Å²) in [6.07, 6.45) is 2.15. The largest absolute Gasteiger partial charge is 0.332 e. The van der Waals surface area contributed by atoms with Gasteiger partial charge in [-0.05, 0) is 43.0 Å². The molecule has 2 aliphatic heterocycles. The second-order valence-corrected chi connectivity index (χ2v) is 11.7. The number of quaternary nitrogens is 1. The highest BCUT2D eigenvalue weighted by atomic mass is 32.2. The molecular weight excluding hydrogens is 412 g/mol. The van der Waals surface area contributed by atoms with Crippen molar-refractivity contribution in [2.75, 3.05) is 45.8 Å². The van der Waals surface area contributed by atoms with E-state index in [1.165, 1.54) is 37.8 Å². The van der Waals surface area contributed by atoms with Crippen LogP contribution in [0.3, 0.4) is 0 Å². The fraction of sp³-hybridized carbons (Fsp3) is 0.632. The van der Waals surface area contributed by atoms with Crippen LogP contribution in [0.25, 0.3) is 0 Å². The van der Waals surface area contributed by atoms with Crippen LogP contribution in [0.4, 0.5) is 0 Å². The number of benzene rings is 1. The molecule has 29 heavy (non-hydrogen) atoms. The Morgan fingerprint density at radius 3 is 1.83 bits per heavy atom. The monoisotopic (exact) mass is 441 g/mol. The van der Waals surface area contributed by atoms with Gasteiger partial charge in [0.05, 0.1) is 55.0 Å². The molecule has 0 spiro atoms. The molecule has 1 N–H and O–H groups in total. The van der Waals surface area contributed by atoms with Crippen molar-refractivity contribution in [3.05, 3.63) is 24.3 Å². The SMILES string of the molecule is CC1CCN(S(=O)(=O)c2ccc(S(=O)(=O)N3CC[NH+](CCC#N)CC3)cc2)CC1. The van der Waals surface area contributed by atoms with Gasteiger partial charge in [0.1, 0.15) is 0 Å². The second-order valence-electron chi connectivity index (χ2n) is 7.87. The van der Waals surface area contributed by atoms with Crippen molar-refractivity contribution in [1.82, 2.24) is 8.61 Å². The molecule has 1 aromatic rings. The summed E-state index contributed by atoms with van der Waals surface area (Å²) < 4.78 is 54.4. The zero-order valence-corrected chi connectivity index (χ0v) is 18.4. The van der Waals surface area contributed by atoms with Crippen molar-refractivity contribution in [2.24, 2.45) is 5.92 Å². The average molecular weight is 442 g/mol. The van der Waals surface area contributed by atoms with E-state index >= 15 is 0 Å². The molecule has 2 heterocycles. The van der Waals surface area contributed by atoms with Gasteiger partial charge in [-0.1, -0.05) is 6.92 Å². The predicted octanol–water partition coefficient (Wildman–Crippen LogP) is -0.0899. The molecule has 3 rings (SSSR count). The number of nitrogens with zero attached hydrogens (tertiary/aromatic N) is 3. The molecule has 2 aliphatic rings. The van der Waals surface area contributed by atoms with Crippen molar-refractivity contribution in [3.63, 3.8) is 0 Å². The van der Waals surface area contributed by atoms with Gasteiger partial charge >= 0.3 is 0 Å². The Labute approximate surface area is 173 Å². The van der Waals surface area contributed by atoms with Crippen LogP contribution >= 0.6 is 0 Å². The van der Waals surface area contributed by atoms with Gasteiger partial charge in [0.15, 0.2) is 0 Å². The third kappa shape index (κ3) is 4.98. The van der Waals surface area contributed by atoms with Gasteiger partial charge in [-0.15, -0.1) is 0 Å². The van der Waals surface area contributed by atoms with Crippen molar-refractivity contribution < 1.29 is 21.7 Å². The minimum absolute atomic E-state index is 0.115. The molecule has 0 unspecified atom stereocenters. The van der Waals surface area contributed by atoms with E-state index in [2.05, 4.69) is 13.0 Å². The summed E-state index contributed by atoms with van der Waals surface area (Å²) in [5.41, 5.74) is 0. The minimum Gasteiger partial charge on any atom is -0.332 e. The normalized spacial score (nSPS) is 21.1. The first-order valence-corrected chi connectivity index (χ1v) is 12.9. The molecule has 1 aromatic carbocycles. The third-order valence-electron chi connectivity index (χ3n) is 5.86. The lowest BCUT2D eigenvalue weighted by atomic mass is 10.0. The van der Waals surface area contributed by atoms with Gasteiger partial charge in [0, 0.05) is 13.1 Å². The summed E-state index contributed by atoms with van der Waals surface area (Å²) in [5.74, 6) is 0.524. The first kappa shape index (κ1) is 22.2. The summed E-state index contributed by atoms with van der Waals surface area (Å²) in [7, 11) is -7.25. The molecule has 160 valence electrons. The molecule has 0 bridgehead atoms. The van der Waals surface area contributed by atoms with E-state index in [9.17, 15) is 16.8 Å². The lowest BCUT2D eigenvalue weighted by molar-refractivity contribution is -0.903. The summed E-state index contributed by atoms with van der Waals surface area (Å²) >= 11 is 0. The number of rotatable bonds is 6. The van der Waals surface area contributed by atoms with Crippen LogP contribution in [0, 0.1) is 17.2 Å². The summed E-state index contributed by atoms with van der Waals surface area (Å²) in [6, 6.07) is 7.70. The van der Waals surface area contributed by atoms with E-state index in [4.69, 9.17) is 5.26 Å². The van der Waals surface area contributed by atoms with Gasteiger partial charge in [-0.2, -0.15) is 13.9 Å². The average Bonchev–Trinajstić information content (AvgIpc) is 2.73. The number of piperidine rings is 1. The van der Waals surface area contributed by atoms with E-state index in [0.29, 0.717) is 51.6 Å². The van der Waals surface area contributed by atoms with Crippen LogP contribution in [0.2, 0.25) is 0 Å². The van der Waals surface area contributed by atoms with Gasteiger partial charge in [-0.25, -0.2) is 16.8 Å².